The van der Waals surface area contributed by atoms with Crippen LogP contribution in [0.25, 0.3) is 0 Å². The number of piperidine rings is 1. The monoisotopic (exact) mass is 400 g/mol. The van der Waals surface area contributed by atoms with E-state index in [2.05, 4.69) is 6.07 Å². The molecule has 0 aromatic heterocycles. The van der Waals surface area contributed by atoms with Crippen LogP contribution >= 0.6 is 0 Å². The molecule has 3 rings (SSSR count). The summed E-state index contributed by atoms with van der Waals surface area (Å²) in [5.74, 6) is -0.0309. The third kappa shape index (κ3) is 4.62. The zero-order valence-corrected chi connectivity index (χ0v) is 17.6. The number of nitrogens with zero attached hydrogens (tertiary/aromatic N) is 2. The van der Waals surface area contributed by atoms with Crippen LogP contribution < -0.4 is 4.90 Å². The van der Waals surface area contributed by atoms with E-state index in [0.717, 1.165) is 41.6 Å². The standard InChI is InChI=1S/C22H28N2O3S/c1-17-13-18(2)15-20(14-17)23(3)22(25)16-19-7-9-21(10-8-19)28(26,27)24-11-5-4-6-12-24/h7-10,13-15H,4-6,11-12,16H2,1-3H3. The molecule has 1 aliphatic heterocycles. The summed E-state index contributed by atoms with van der Waals surface area (Å²) in [6, 6.07) is 12.8. The van der Waals surface area contributed by atoms with E-state index in [1.54, 1.807) is 40.5 Å². The van der Waals surface area contributed by atoms with Crippen LogP contribution in [-0.2, 0) is 21.2 Å². The number of aryl methyl sites for hydroxylation is 2. The number of rotatable bonds is 5. The van der Waals surface area contributed by atoms with Crippen molar-refractivity contribution in [2.45, 2.75) is 44.4 Å². The highest BCUT2D eigenvalue weighted by Crippen LogP contribution is 2.22. The van der Waals surface area contributed by atoms with E-state index in [1.165, 1.54) is 0 Å². The highest BCUT2D eigenvalue weighted by Gasteiger charge is 2.25. The molecule has 1 heterocycles. The number of carbonyl (C=O) groups is 1. The molecule has 2 aromatic rings. The van der Waals surface area contributed by atoms with Crippen molar-refractivity contribution in [1.29, 1.82) is 0 Å². The highest BCUT2D eigenvalue weighted by molar-refractivity contribution is 7.89. The Morgan fingerprint density at radius 2 is 1.54 bits per heavy atom. The molecule has 0 spiro atoms. The Bertz CT molecular complexity index is 926. The minimum atomic E-state index is -3.44. The van der Waals surface area contributed by atoms with Gasteiger partial charge in [-0.2, -0.15) is 4.31 Å². The lowest BCUT2D eigenvalue weighted by Gasteiger charge is -2.26. The third-order valence-electron chi connectivity index (χ3n) is 5.20. The second kappa shape index (κ2) is 8.45. The molecular formula is C22H28N2O3S. The summed E-state index contributed by atoms with van der Waals surface area (Å²) in [6.45, 7) is 5.19. The van der Waals surface area contributed by atoms with Crippen LogP contribution in [-0.4, -0.2) is 38.8 Å². The lowest BCUT2D eigenvalue weighted by molar-refractivity contribution is -0.117. The van der Waals surface area contributed by atoms with E-state index in [-0.39, 0.29) is 12.3 Å². The predicted molar refractivity (Wildman–Crippen MR) is 112 cm³/mol. The van der Waals surface area contributed by atoms with Crippen LogP contribution in [0.2, 0.25) is 0 Å². The van der Waals surface area contributed by atoms with E-state index in [1.807, 2.05) is 26.0 Å². The highest BCUT2D eigenvalue weighted by atomic mass is 32.2. The molecule has 1 fully saturated rings. The van der Waals surface area contributed by atoms with Crippen molar-refractivity contribution < 1.29 is 13.2 Å². The largest absolute Gasteiger partial charge is 0.315 e. The minimum absolute atomic E-state index is 0.0309. The molecule has 2 aromatic carbocycles. The molecule has 0 radical (unpaired) electrons. The number of hydrogen-bond donors (Lipinski definition) is 0. The number of anilines is 1. The van der Waals surface area contributed by atoms with Crippen LogP contribution in [0.3, 0.4) is 0 Å². The summed E-state index contributed by atoms with van der Waals surface area (Å²) >= 11 is 0. The summed E-state index contributed by atoms with van der Waals surface area (Å²) in [5.41, 5.74) is 3.90. The van der Waals surface area contributed by atoms with E-state index in [9.17, 15) is 13.2 Å². The maximum absolute atomic E-state index is 12.7. The molecule has 28 heavy (non-hydrogen) atoms. The van der Waals surface area contributed by atoms with E-state index < -0.39 is 10.0 Å². The van der Waals surface area contributed by atoms with Gasteiger partial charge in [-0.05, 0) is 67.6 Å². The second-order valence-corrected chi connectivity index (χ2v) is 9.52. The van der Waals surface area contributed by atoms with Gasteiger partial charge in [-0.3, -0.25) is 4.79 Å². The smallest absolute Gasteiger partial charge is 0.243 e. The van der Waals surface area contributed by atoms with Crippen LogP contribution in [0, 0.1) is 13.8 Å². The normalized spacial score (nSPS) is 15.4. The van der Waals surface area contributed by atoms with Crippen molar-refractivity contribution in [3.8, 4) is 0 Å². The molecule has 150 valence electrons. The molecule has 6 heteroatoms. The molecule has 0 saturated carbocycles. The van der Waals surface area contributed by atoms with Gasteiger partial charge in [0.25, 0.3) is 0 Å². The average Bonchev–Trinajstić information content (AvgIpc) is 2.67. The zero-order chi connectivity index (χ0) is 20.3. The molecule has 0 unspecified atom stereocenters. The lowest BCUT2D eigenvalue weighted by Crippen LogP contribution is -2.35. The van der Waals surface area contributed by atoms with Crippen molar-refractivity contribution in [3.63, 3.8) is 0 Å². The van der Waals surface area contributed by atoms with Gasteiger partial charge >= 0.3 is 0 Å². The fourth-order valence-electron chi connectivity index (χ4n) is 3.62. The first-order chi connectivity index (χ1) is 13.3. The van der Waals surface area contributed by atoms with Crippen molar-refractivity contribution >= 4 is 21.6 Å². The number of benzene rings is 2. The molecule has 5 nitrogen and oxygen atoms in total. The lowest BCUT2D eigenvalue weighted by atomic mass is 10.1. The number of sulfonamides is 1. The van der Waals surface area contributed by atoms with Gasteiger partial charge in [0.15, 0.2) is 0 Å². The van der Waals surface area contributed by atoms with Gasteiger partial charge < -0.3 is 4.90 Å². The van der Waals surface area contributed by atoms with Crippen molar-refractivity contribution in [3.05, 3.63) is 59.2 Å². The minimum Gasteiger partial charge on any atom is -0.315 e. The number of hydrogen-bond acceptors (Lipinski definition) is 3. The first-order valence-corrected chi connectivity index (χ1v) is 11.2. The fourth-order valence-corrected chi connectivity index (χ4v) is 5.13. The summed E-state index contributed by atoms with van der Waals surface area (Å²) in [4.78, 5) is 14.6. The second-order valence-electron chi connectivity index (χ2n) is 7.58. The molecule has 0 bridgehead atoms. The van der Waals surface area contributed by atoms with E-state index >= 15 is 0 Å². The average molecular weight is 401 g/mol. The fraction of sp³-hybridized carbons (Fsp3) is 0.409. The molecule has 0 N–H and O–H groups in total. The van der Waals surface area contributed by atoms with Crippen molar-refractivity contribution in [2.24, 2.45) is 0 Å². The Balaban J connectivity index is 1.70. The van der Waals surface area contributed by atoms with E-state index in [0.29, 0.717) is 18.0 Å². The summed E-state index contributed by atoms with van der Waals surface area (Å²) in [6.07, 6.45) is 3.14. The van der Waals surface area contributed by atoms with Gasteiger partial charge in [-0.15, -0.1) is 0 Å². The number of likely N-dealkylation sites (N-methyl/N-ethyl adjacent to an activating group) is 1. The van der Waals surface area contributed by atoms with E-state index in [4.69, 9.17) is 0 Å². The summed E-state index contributed by atoms with van der Waals surface area (Å²) < 4.78 is 27.0. The molecule has 1 amide bonds. The quantitative estimate of drug-likeness (QED) is 0.769. The molecule has 0 atom stereocenters. The Hall–Kier alpha value is -2.18. The number of carbonyl (C=O) groups excluding carboxylic acids is 1. The van der Waals surface area contributed by atoms with Crippen LogP contribution in [0.4, 0.5) is 5.69 Å². The molecular weight excluding hydrogens is 372 g/mol. The summed E-state index contributed by atoms with van der Waals surface area (Å²) in [7, 11) is -1.67. The van der Waals surface area contributed by atoms with Crippen LogP contribution in [0.1, 0.15) is 36.0 Å². The Morgan fingerprint density at radius 1 is 0.964 bits per heavy atom. The van der Waals surface area contributed by atoms with Crippen LogP contribution in [0.15, 0.2) is 47.4 Å². The van der Waals surface area contributed by atoms with Gasteiger partial charge in [-0.1, -0.05) is 24.6 Å². The van der Waals surface area contributed by atoms with Gasteiger partial charge in [0.1, 0.15) is 0 Å². The molecule has 0 aliphatic carbocycles. The molecule has 1 saturated heterocycles. The van der Waals surface area contributed by atoms with Crippen molar-refractivity contribution in [1.82, 2.24) is 4.31 Å². The SMILES string of the molecule is Cc1cc(C)cc(N(C)C(=O)Cc2ccc(S(=O)(=O)N3CCCCC3)cc2)c1. The predicted octanol–water partition coefficient (Wildman–Crippen LogP) is 3.68. The first kappa shape index (κ1) is 20.6. The maximum atomic E-state index is 12.7. The number of amides is 1. The van der Waals surface area contributed by atoms with Gasteiger partial charge in [0, 0.05) is 25.8 Å². The van der Waals surface area contributed by atoms with Gasteiger partial charge in [0.2, 0.25) is 15.9 Å². The topological polar surface area (TPSA) is 57.7 Å². The zero-order valence-electron chi connectivity index (χ0n) is 16.8. The Kier molecular flexibility index (Phi) is 6.20. The Morgan fingerprint density at radius 3 is 2.11 bits per heavy atom. The third-order valence-corrected chi connectivity index (χ3v) is 7.11. The van der Waals surface area contributed by atoms with Gasteiger partial charge in [0.05, 0.1) is 11.3 Å². The molecule has 1 aliphatic rings. The summed E-state index contributed by atoms with van der Waals surface area (Å²) in [5, 5.41) is 0. The van der Waals surface area contributed by atoms with Gasteiger partial charge in [-0.25, -0.2) is 8.42 Å². The van der Waals surface area contributed by atoms with Crippen LogP contribution in [0.5, 0.6) is 0 Å². The Labute approximate surface area is 168 Å². The van der Waals surface area contributed by atoms with Crippen molar-refractivity contribution in [2.75, 3.05) is 25.0 Å². The first-order valence-electron chi connectivity index (χ1n) is 9.71. The maximum Gasteiger partial charge on any atom is 0.243 e.